The first-order chi connectivity index (χ1) is 33.9. The number of rotatable bonds is 12. The molecule has 15 unspecified atom stereocenters. The number of nitrogens with one attached hydrogen (secondary N) is 1. The predicted octanol–water partition coefficient (Wildman–Crippen LogP) is 11.6. The van der Waals surface area contributed by atoms with E-state index < -0.39 is 16.2 Å². The summed E-state index contributed by atoms with van der Waals surface area (Å²) in [6, 6.07) is 9.67. The van der Waals surface area contributed by atoms with Crippen LogP contribution in [0.3, 0.4) is 0 Å². The van der Waals surface area contributed by atoms with Gasteiger partial charge < -0.3 is 24.4 Å². The molecule has 72 heavy (non-hydrogen) atoms. The van der Waals surface area contributed by atoms with Gasteiger partial charge in [0.05, 0.1) is 29.3 Å². The van der Waals surface area contributed by atoms with E-state index in [1.54, 1.807) is 0 Å². The number of carbonyl (C=O) groups excluding carboxylic acids is 5. The van der Waals surface area contributed by atoms with Crippen molar-refractivity contribution in [3.8, 4) is 0 Å². The molecule has 1 aromatic rings. The highest BCUT2D eigenvalue weighted by Gasteiger charge is 2.83. The molecule has 9 fully saturated rings. The number of piperidine rings is 1. The molecular formula is C62H88N2O8. The molecule has 0 bridgehead atoms. The zero-order valence-electron chi connectivity index (χ0n) is 45.7. The van der Waals surface area contributed by atoms with Gasteiger partial charge in [0.25, 0.3) is 0 Å². The third-order valence-electron chi connectivity index (χ3n) is 24.2. The van der Waals surface area contributed by atoms with Crippen molar-refractivity contribution in [2.45, 2.75) is 184 Å². The number of benzene rings is 1. The van der Waals surface area contributed by atoms with E-state index in [1.807, 2.05) is 42.2 Å². The van der Waals surface area contributed by atoms with Crippen LogP contribution in [0.15, 0.2) is 54.6 Å². The molecule has 1 N–H and O–H groups in total. The van der Waals surface area contributed by atoms with E-state index in [0.29, 0.717) is 69.6 Å². The number of amides is 2. The van der Waals surface area contributed by atoms with Crippen LogP contribution in [0.2, 0.25) is 0 Å². The summed E-state index contributed by atoms with van der Waals surface area (Å²) in [6.07, 6.45) is 12.9. The molecule has 1 saturated heterocycles. The number of fused-ring (bicyclic) bond motifs is 8. The SMILES string of the molecule is C=C(C)C(=C)C1CCC2(C(=O)NC3CC(C(=O)N4CCC(C(=O)OCC)CC4)C3(C)C)CCC3(C)C(CCC4C5(C)CCC(OC(=O)C67CC(C(=O)OCc8ccccc8)C6(C)C7)C(C)(C)C5CCC43C)C12. The third-order valence-corrected chi connectivity index (χ3v) is 24.2. The molecular weight excluding hydrogens is 901 g/mol. The topological polar surface area (TPSA) is 128 Å². The number of nitrogens with zero attached hydrogens (tertiary/aromatic N) is 1. The number of carbonyl (C=O) groups is 5. The maximum absolute atomic E-state index is 15.4. The zero-order valence-corrected chi connectivity index (χ0v) is 45.7. The van der Waals surface area contributed by atoms with Crippen molar-refractivity contribution >= 4 is 29.7 Å². The maximum atomic E-state index is 15.4. The number of hydrogen-bond acceptors (Lipinski definition) is 8. The van der Waals surface area contributed by atoms with E-state index in [1.165, 1.54) is 0 Å². The van der Waals surface area contributed by atoms with Crippen molar-refractivity contribution in [2.24, 2.45) is 90.7 Å². The van der Waals surface area contributed by atoms with E-state index in [9.17, 15) is 19.2 Å². The standard InChI is InChI=1S/C62H88N2O8/c1-13-70-51(66)40-24-31-64(32-25-40)50(65)43-33-47(55(43,5)6)63-53(68)61-28-21-41(38(4)37(2)3)49(61)42-19-20-46-57(9)26-23-48(56(7,8)45(57)22-27-59(46,11)58(42,10)29-30-61)72-54(69)62-34-44(60(62,12)36-62)52(67)71-35-39-17-15-14-16-18-39/h14-18,40-49H,2,4,13,19-36H2,1,3,5-12H3,(H,63,68). The minimum atomic E-state index is -0.583. The van der Waals surface area contributed by atoms with Crippen molar-refractivity contribution < 1.29 is 38.2 Å². The summed E-state index contributed by atoms with van der Waals surface area (Å²) in [5.41, 5.74) is 1.19. The summed E-state index contributed by atoms with van der Waals surface area (Å²) >= 11 is 0. The Kier molecular flexibility index (Phi) is 12.6. The monoisotopic (exact) mass is 989 g/mol. The summed E-state index contributed by atoms with van der Waals surface area (Å²) in [4.78, 5) is 71.4. The number of ether oxygens (including phenoxy) is 3. The molecule has 1 aromatic carbocycles. The third kappa shape index (κ3) is 7.35. The van der Waals surface area contributed by atoms with Gasteiger partial charge in [-0.1, -0.05) is 104 Å². The highest BCUT2D eigenvalue weighted by atomic mass is 16.6. The van der Waals surface area contributed by atoms with Crippen LogP contribution in [-0.2, 0) is 44.8 Å². The molecule has 8 saturated carbocycles. The average molecular weight is 989 g/mol. The first kappa shape index (κ1) is 51.5. The second kappa shape index (κ2) is 17.6. The minimum absolute atomic E-state index is 0.0241. The number of esters is 3. The lowest BCUT2D eigenvalue weighted by molar-refractivity contribution is -0.250. The molecule has 0 spiro atoms. The Morgan fingerprint density at radius 2 is 1.43 bits per heavy atom. The summed E-state index contributed by atoms with van der Waals surface area (Å²) in [5, 5.41) is 3.65. The molecule has 0 radical (unpaired) electrons. The molecule has 10 nitrogen and oxygen atoms in total. The molecule has 1 aliphatic heterocycles. The fourth-order valence-corrected chi connectivity index (χ4v) is 19.2. The summed E-state index contributed by atoms with van der Waals surface area (Å²) < 4.78 is 17.7. The number of hydrogen-bond donors (Lipinski definition) is 1. The lowest BCUT2D eigenvalue weighted by Gasteiger charge is -2.73. The molecule has 394 valence electrons. The Balaban J connectivity index is 0.816. The zero-order chi connectivity index (χ0) is 51.8. The molecule has 9 aliphatic rings. The van der Waals surface area contributed by atoms with Gasteiger partial charge in [-0.15, -0.1) is 0 Å². The Morgan fingerprint density at radius 1 is 0.722 bits per heavy atom. The van der Waals surface area contributed by atoms with Crippen molar-refractivity contribution in [3.05, 3.63) is 60.2 Å². The fraction of sp³-hybridized carbons (Fsp3) is 0.758. The second-order valence-electron chi connectivity index (χ2n) is 27.6. The lowest BCUT2D eigenvalue weighted by atomic mass is 9.32. The highest BCUT2D eigenvalue weighted by molar-refractivity contribution is 5.90. The van der Waals surface area contributed by atoms with Gasteiger partial charge >= 0.3 is 17.9 Å². The van der Waals surface area contributed by atoms with Crippen LogP contribution in [0.5, 0.6) is 0 Å². The van der Waals surface area contributed by atoms with Crippen LogP contribution >= 0.6 is 0 Å². The highest BCUT2D eigenvalue weighted by Crippen LogP contribution is 2.82. The molecule has 8 aliphatic carbocycles. The first-order valence-electron chi connectivity index (χ1n) is 28.4. The van der Waals surface area contributed by atoms with Crippen molar-refractivity contribution in [3.63, 3.8) is 0 Å². The van der Waals surface area contributed by atoms with Crippen LogP contribution < -0.4 is 5.32 Å². The molecule has 2 amide bonds. The Morgan fingerprint density at radius 3 is 2.08 bits per heavy atom. The van der Waals surface area contributed by atoms with Crippen molar-refractivity contribution in [1.82, 2.24) is 10.2 Å². The lowest BCUT2D eigenvalue weighted by Crippen LogP contribution is -2.68. The van der Waals surface area contributed by atoms with Crippen LogP contribution in [0.4, 0.5) is 0 Å². The number of allylic oxidation sites excluding steroid dienone is 2. The molecule has 10 heteroatoms. The maximum Gasteiger partial charge on any atom is 0.312 e. The quantitative estimate of drug-likeness (QED) is 0.125. The summed E-state index contributed by atoms with van der Waals surface area (Å²) in [7, 11) is 0. The van der Waals surface area contributed by atoms with E-state index >= 15 is 4.79 Å². The summed E-state index contributed by atoms with van der Waals surface area (Å²) in [6.45, 7) is 33.7. The van der Waals surface area contributed by atoms with Gasteiger partial charge in [0, 0.05) is 30.5 Å². The van der Waals surface area contributed by atoms with E-state index in [2.05, 4.69) is 74.2 Å². The average Bonchev–Trinajstić information content (AvgIpc) is 3.58. The van der Waals surface area contributed by atoms with Gasteiger partial charge in [0.1, 0.15) is 12.7 Å². The smallest absolute Gasteiger partial charge is 0.312 e. The second-order valence-corrected chi connectivity index (χ2v) is 27.6. The van der Waals surface area contributed by atoms with Crippen LogP contribution in [0, 0.1) is 90.7 Å². The minimum Gasteiger partial charge on any atom is -0.466 e. The Labute approximate surface area is 431 Å². The van der Waals surface area contributed by atoms with E-state index in [0.717, 1.165) is 80.9 Å². The molecule has 10 rings (SSSR count). The van der Waals surface area contributed by atoms with Gasteiger partial charge in [-0.2, -0.15) is 0 Å². The number of likely N-dealkylation sites (tertiary alicyclic amines) is 1. The van der Waals surface area contributed by atoms with Crippen molar-refractivity contribution in [2.75, 3.05) is 19.7 Å². The van der Waals surface area contributed by atoms with Gasteiger partial charge in [0.2, 0.25) is 11.8 Å². The van der Waals surface area contributed by atoms with Gasteiger partial charge in [0.15, 0.2) is 0 Å². The largest absolute Gasteiger partial charge is 0.466 e. The first-order valence-corrected chi connectivity index (χ1v) is 28.4. The van der Waals surface area contributed by atoms with E-state index in [4.69, 9.17) is 20.8 Å². The fourth-order valence-electron chi connectivity index (χ4n) is 19.2. The molecule has 0 aromatic heterocycles. The Bertz CT molecular complexity index is 2400. The van der Waals surface area contributed by atoms with Gasteiger partial charge in [-0.05, 0) is 178 Å². The molecule has 15 atom stereocenters. The van der Waals surface area contributed by atoms with E-state index in [-0.39, 0.29) is 105 Å². The van der Waals surface area contributed by atoms with Crippen LogP contribution in [0.1, 0.15) is 171 Å². The van der Waals surface area contributed by atoms with Gasteiger partial charge in [-0.25, -0.2) is 0 Å². The predicted molar refractivity (Wildman–Crippen MR) is 277 cm³/mol. The van der Waals surface area contributed by atoms with Crippen LogP contribution in [0.25, 0.3) is 0 Å². The Hall–Kier alpha value is -3.95. The normalized spacial score (nSPS) is 43.0. The van der Waals surface area contributed by atoms with Gasteiger partial charge in [-0.3, -0.25) is 24.0 Å². The summed E-state index contributed by atoms with van der Waals surface area (Å²) in [5.74, 6) is 0.914. The van der Waals surface area contributed by atoms with Crippen molar-refractivity contribution in [1.29, 1.82) is 0 Å². The van der Waals surface area contributed by atoms with Crippen LogP contribution in [-0.4, -0.2) is 66.5 Å². The molecule has 1 heterocycles.